The highest BCUT2D eigenvalue weighted by Gasteiger charge is 2.02. The lowest BCUT2D eigenvalue weighted by Crippen LogP contribution is -1.83. The Balaban J connectivity index is 2.61. The molecule has 0 fully saturated rings. The number of nitrogens with one attached hydrogen (secondary N) is 1. The number of hydrogen-bond donors (Lipinski definition) is 2. The van der Waals surface area contributed by atoms with E-state index in [0.717, 1.165) is 26.3 Å². The molecular formula is C13H9NOS. The summed E-state index contributed by atoms with van der Waals surface area (Å²) in [6, 6.07) is 13.1. The van der Waals surface area contributed by atoms with Crippen LogP contribution in [0.1, 0.15) is 0 Å². The third kappa shape index (κ3) is 1.29. The minimum Gasteiger partial charge on any atom is -0.508 e. The molecular weight excluding hydrogens is 218 g/mol. The number of rotatable bonds is 0. The zero-order valence-corrected chi connectivity index (χ0v) is 9.21. The summed E-state index contributed by atoms with van der Waals surface area (Å²) in [5, 5.41) is 11.4. The Morgan fingerprint density at radius 1 is 0.938 bits per heavy atom. The lowest BCUT2D eigenvalue weighted by Gasteiger charge is -2.04. The number of para-hydroxylation sites is 1. The summed E-state index contributed by atoms with van der Waals surface area (Å²) >= 11 is 5.42. The van der Waals surface area contributed by atoms with Crippen molar-refractivity contribution in [2.45, 2.75) is 0 Å². The molecule has 3 rings (SSSR count). The van der Waals surface area contributed by atoms with Crippen LogP contribution in [0, 0.1) is 4.51 Å². The number of benzene rings is 2. The zero-order valence-electron chi connectivity index (χ0n) is 8.40. The van der Waals surface area contributed by atoms with Crippen molar-refractivity contribution >= 4 is 34.0 Å². The topological polar surface area (TPSA) is 36.0 Å². The molecule has 0 radical (unpaired) electrons. The number of fused-ring (bicyclic) bond motifs is 2. The van der Waals surface area contributed by atoms with Crippen LogP contribution in [0.5, 0.6) is 5.75 Å². The first-order valence-corrected chi connectivity index (χ1v) is 5.40. The standard InChI is InChI=1S/C13H9NOS/c15-8-5-6-12-10(7-8)13(16)9-3-1-2-4-11(9)14-12/h1-7,15H,(H,14,16). The number of hydrogen-bond acceptors (Lipinski definition) is 2. The van der Waals surface area contributed by atoms with Crippen LogP contribution in [0.3, 0.4) is 0 Å². The van der Waals surface area contributed by atoms with Gasteiger partial charge < -0.3 is 10.1 Å². The molecule has 1 heterocycles. The average Bonchev–Trinajstić information content (AvgIpc) is 2.31. The van der Waals surface area contributed by atoms with Crippen LogP contribution in [0.4, 0.5) is 0 Å². The van der Waals surface area contributed by atoms with Gasteiger partial charge in [-0.1, -0.05) is 30.4 Å². The van der Waals surface area contributed by atoms with Crippen molar-refractivity contribution in [2.75, 3.05) is 0 Å². The normalized spacial score (nSPS) is 11.0. The molecule has 0 atom stereocenters. The van der Waals surface area contributed by atoms with Crippen LogP contribution in [-0.2, 0) is 0 Å². The van der Waals surface area contributed by atoms with Gasteiger partial charge >= 0.3 is 0 Å². The number of H-pyrrole nitrogens is 1. The van der Waals surface area contributed by atoms with Crippen molar-refractivity contribution in [3.05, 3.63) is 47.0 Å². The van der Waals surface area contributed by atoms with Gasteiger partial charge in [-0.15, -0.1) is 0 Å². The summed E-state index contributed by atoms with van der Waals surface area (Å²) in [4.78, 5) is 3.30. The van der Waals surface area contributed by atoms with Crippen LogP contribution < -0.4 is 0 Å². The maximum Gasteiger partial charge on any atom is 0.116 e. The number of aromatic nitrogens is 1. The number of pyridine rings is 1. The fraction of sp³-hybridized carbons (Fsp3) is 0. The van der Waals surface area contributed by atoms with Crippen LogP contribution in [0.2, 0.25) is 0 Å². The molecule has 0 saturated heterocycles. The molecule has 1 aromatic heterocycles. The third-order valence-corrected chi connectivity index (χ3v) is 3.13. The fourth-order valence-corrected chi connectivity index (χ4v) is 2.26. The van der Waals surface area contributed by atoms with E-state index in [9.17, 15) is 5.11 Å². The van der Waals surface area contributed by atoms with Crippen molar-refractivity contribution in [2.24, 2.45) is 0 Å². The second-order valence-electron chi connectivity index (χ2n) is 3.73. The van der Waals surface area contributed by atoms with Gasteiger partial charge in [0, 0.05) is 21.8 Å². The van der Waals surface area contributed by atoms with Crippen LogP contribution in [0.25, 0.3) is 21.8 Å². The Hall–Kier alpha value is -1.87. The summed E-state index contributed by atoms with van der Waals surface area (Å²) in [7, 11) is 0. The van der Waals surface area contributed by atoms with Gasteiger partial charge in [0.2, 0.25) is 0 Å². The average molecular weight is 227 g/mol. The van der Waals surface area contributed by atoms with Gasteiger partial charge in [0.05, 0.1) is 4.51 Å². The van der Waals surface area contributed by atoms with E-state index in [-0.39, 0.29) is 5.75 Å². The molecule has 0 aliphatic rings. The Bertz CT molecular complexity index is 746. The van der Waals surface area contributed by atoms with Crippen molar-refractivity contribution in [3.63, 3.8) is 0 Å². The largest absolute Gasteiger partial charge is 0.508 e. The molecule has 2 nitrogen and oxygen atoms in total. The van der Waals surface area contributed by atoms with E-state index >= 15 is 0 Å². The molecule has 0 saturated carbocycles. The predicted molar refractivity (Wildman–Crippen MR) is 68.3 cm³/mol. The van der Waals surface area contributed by atoms with Gasteiger partial charge in [0.25, 0.3) is 0 Å². The van der Waals surface area contributed by atoms with Gasteiger partial charge in [-0.2, -0.15) is 0 Å². The summed E-state index contributed by atoms with van der Waals surface area (Å²) in [6.45, 7) is 0. The quantitative estimate of drug-likeness (QED) is 0.453. The van der Waals surface area contributed by atoms with E-state index in [1.165, 1.54) is 0 Å². The maximum atomic E-state index is 9.47. The highest BCUT2D eigenvalue weighted by Crippen LogP contribution is 2.24. The lowest BCUT2D eigenvalue weighted by atomic mass is 10.1. The predicted octanol–water partition coefficient (Wildman–Crippen LogP) is 3.76. The van der Waals surface area contributed by atoms with Crippen molar-refractivity contribution in [1.29, 1.82) is 0 Å². The summed E-state index contributed by atoms with van der Waals surface area (Å²) < 4.78 is 0.778. The first-order valence-electron chi connectivity index (χ1n) is 4.99. The number of phenols is 1. The minimum absolute atomic E-state index is 0.238. The van der Waals surface area contributed by atoms with E-state index in [1.54, 1.807) is 12.1 Å². The fourth-order valence-electron chi connectivity index (χ4n) is 1.91. The second-order valence-corrected chi connectivity index (χ2v) is 4.14. The molecule has 78 valence electrons. The Morgan fingerprint density at radius 3 is 2.56 bits per heavy atom. The first-order chi connectivity index (χ1) is 7.75. The summed E-state index contributed by atoms with van der Waals surface area (Å²) in [5.74, 6) is 0.238. The molecule has 2 N–H and O–H groups in total. The van der Waals surface area contributed by atoms with Gasteiger partial charge in [0.1, 0.15) is 5.75 Å². The van der Waals surface area contributed by atoms with Gasteiger partial charge in [-0.05, 0) is 24.3 Å². The van der Waals surface area contributed by atoms with Gasteiger partial charge in [0.15, 0.2) is 0 Å². The van der Waals surface area contributed by atoms with Gasteiger partial charge in [-0.25, -0.2) is 0 Å². The molecule has 0 spiro atoms. The van der Waals surface area contributed by atoms with Crippen molar-refractivity contribution < 1.29 is 5.11 Å². The van der Waals surface area contributed by atoms with Crippen molar-refractivity contribution in [3.8, 4) is 5.75 Å². The smallest absolute Gasteiger partial charge is 0.116 e. The Morgan fingerprint density at radius 2 is 1.69 bits per heavy atom. The summed E-state index contributed by atoms with van der Waals surface area (Å²) in [6.07, 6.45) is 0. The monoisotopic (exact) mass is 227 g/mol. The molecule has 0 bridgehead atoms. The molecule has 3 heteroatoms. The Kier molecular flexibility index (Phi) is 1.94. The number of aromatic hydroxyl groups is 1. The minimum atomic E-state index is 0.238. The third-order valence-electron chi connectivity index (χ3n) is 2.69. The zero-order chi connectivity index (χ0) is 11.1. The van der Waals surface area contributed by atoms with Crippen molar-refractivity contribution in [1.82, 2.24) is 4.98 Å². The molecule has 3 aromatic rings. The van der Waals surface area contributed by atoms with E-state index in [4.69, 9.17) is 12.2 Å². The van der Waals surface area contributed by atoms with E-state index < -0.39 is 0 Å². The number of aromatic amines is 1. The second kappa shape index (κ2) is 3.32. The molecule has 0 aliphatic heterocycles. The number of phenolic OH excluding ortho intramolecular Hbond substituents is 1. The summed E-state index contributed by atoms with van der Waals surface area (Å²) in [5.41, 5.74) is 1.96. The van der Waals surface area contributed by atoms with Crippen LogP contribution in [0.15, 0.2) is 42.5 Å². The van der Waals surface area contributed by atoms with E-state index in [0.29, 0.717) is 0 Å². The lowest BCUT2D eigenvalue weighted by molar-refractivity contribution is 0.476. The molecule has 0 amide bonds. The van der Waals surface area contributed by atoms with Gasteiger partial charge in [-0.3, -0.25) is 0 Å². The highest BCUT2D eigenvalue weighted by atomic mass is 32.1. The first kappa shape index (κ1) is 9.36. The molecule has 0 unspecified atom stereocenters. The molecule has 0 aliphatic carbocycles. The highest BCUT2D eigenvalue weighted by molar-refractivity contribution is 7.72. The van der Waals surface area contributed by atoms with Crippen LogP contribution in [-0.4, -0.2) is 10.1 Å². The van der Waals surface area contributed by atoms with E-state index in [2.05, 4.69) is 4.98 Å². The maximum absolute atomic E-state index is 9.47. The SMILES string of the molecule is Oc1ccc2[nH]c3ccccc3c(=S)c2c1. The van der Waals surface area contributed by atoms with E-state index in [1.807, 2.05) is 30.3 Å². The molecule has 16 heavy (non-hydrogen) atoms. The van der Waals surface area contributed by atoms with Crippen LogP contribution >= 0.6 is 12.2 Å². The Labute approximate surface area is 97.2 Å². The molecule has 2 aromatic carbocycles.